The molecule has 1 N–H and O–H groups in total. The van der Waals surface area contributed by atoms with E-state index in [-0.39, 0.29) is 0 Å². The van der Waals surface area contributed by atoms with Crippen molar-refractivity contribution in [3.05, 3.63) is 76.5 Å². The number of anilines is 2. The van der Waals surface area contributed by atoms with Gasteiger partial charge in [0.2, 0.25) is 0 Å². The molecule has 0 unspecified atom stereocenters. The molecule has 0 spiro atoms. The number of para-hydroxylation sites is 1. The SMILES string of the molecule is Cc1cccc2c(Nc3ccc(Cl)c(Cl)c3)nc(-c3cccnc3)nc12. The molecule has 0 bridgehead atoms. The molecule has 0 aliphatic carbocycles. The zero-order valence-electron chi connectivity index (χ0n) is 13.9. The average Bonchev–Trinajstić information content (AvgIpc) is 2.66. The number of nitrogens with one attached hydrogen (secondary N) is 1. The molecule has 0 aliphatic heterocycles. The van der Waals surface area contributed by atoms with Crippen LogP contribution in [-0.4, -0.2) is 15.0 Å². The molecule has 0 aliphatic rings. The molecule has 0 amide bonds. The van der Waals surface area contributed by atoms with E-state index in [0.29, 0.717) is 21.7 Å². The maximum Gasteiger partial charge on any atom is 0.163 e. The smallest absolute Gasteiger partial charge is 0.163 e. The number of aromatic nitrogens is 3. The van der Waals surface area contributed by atoms with E-state index in [1.165, 1.54) is 0 Å². The van der Waals surface area contributed by atoms with Gasteiger partial charge in [-0.3, -0.25) is 4.98 Å². The zero-order chi connectivity index (χ0) is 18.1. The van der Waals surface area contributed by atoms with E-state index in [0.717, 1.165) is 27.7 Å². The number of fused-ring (bicyclic) bond motifs is 1. The highest BCUT2D eigenvalue weighted by Crippen LogP contribution is 2.31. The second-order valence-electron chi connectivity index (χ2n) is 5.86. The van der Waals surface area contributed by atoms with Gasteiger partial charge in [0, 0.05) is 29.0 Å². The average molecular weight is 381 g/mol. The van der Waals surface area contributed by atoms with Gasteiger partial charge in [-0.25, -0.2) is 9.97 Å². The summed E-state index contributed by atoms with van der Waals surface area (Å²) in [6.07, 6.45) is 3.48. The molecule has 0 atom stereocenters. The Morgan fingerprint density at radius 2 is 1.81 bits per heavy atom. The molecule has 2 aromatic heterocycles. The van der Waals surface area contributed by atoms with Gasteiger partial charge in [-0.05, 0) is 48.9 Å². The van der Waals surface area contributed by atoms with E-state index in [1.54, 1.807) is 24.5 Å². The maximum atomic E-state index is 6.14. The Kier molecular flexibility index (Phi) is 4.45. The summed E-state index contributed by atoms with van der Waals surface area (Å²) in [6, 6.07) is 15.2. The number of pyridine rings is 1. The second-order valence-corrected chi connectivity index (χ2v) is 6.68. The van der Waals surface area contributed by atoms with E-state index in [1.807, 2.05) is 43.3 Å². The topological polar surface area (TPSA) is 50.7 Å². The Hall–Kier alpha value is -2.69. The van der Waals surface area contributed by atoms with Crippen LogP contribution < -0.4 is 5.32 Å². The van der Waals surface area contributed by atoms with Crippen molar-refractivity contribution in [2.45, 2.75) is 6.92 Å². The van der Waals surface area contributed by atoms with Crippen molar-refractivity contribution >= 4 is 45.6 Å². The minimum Gasteiger partial charge on any atom is -0.340 e. The summed E-state index contributed by atoms with van der Waals surface area (Å²) in [5.74, 6) is 1.32. The van der Waals surface area contributed by atoms with Crippen molar-refractivity contribution in [2.75, 3.05) is 5.32 Å². The van der Waals surface area contributed by atoms with Crippen LogP contribution in [0.25, 0.3) is 22.3 Å². The lowest BCUT2D eigenvalue weighted by atomic mass is 10.1. The first-order valence-corrected chi connectivity index (χ1v) is 8.77. The van der Waals surface area contributed by atoms with Crippen LogP contribution in [0.1, 0.15) is 5.56 Å². The number of aryl methyl sites for hydroxylation is 1. The first-order valence-electron chi connectivity index (χ1n) is 8.01. The van der Waals surface area contributed by atoms with Crippen LogP contribution in [0.2, 0.25) is 10.0 Å². The van der Waals surface area contributed by atoms with Crippen LogP contribution in [0.5, 0.6) is 0 Å². The third-order valence-corrected chi connectivity index (χ3v) is 4.77. The molecule has 2 aromatic carbocycles. The minimum atomic E-state index is 0.485. The van der Waals surface area contributed by atoms with Gasteiger partial charge in [0.25, 0.3) is 0 Å². The van der Waals surface area contributed by atoms with Gasteiger partial charge in [0.15, 0.2) is 5.82 Å². The predicted molar refractivity (Wildman–Crippen MR) is 107 cm³/mol. The molecule has 6 heteroatoms. The summed E-state index contributed by atoms with van der Waals surface area (Å²) >= 11 is 12.2. The summed E-state index contributed by atoms with van der Waals surface area (Å²) in [7, 11) is 0. The molecule has 26 heavy (non-hydrogen) atoms. The van der Waals surface area contributed by atoms with Gasteiger partial charge in [-0.15, -0.1) is 0 Å². The number of nitrogens with zero attached hydrogens (tertiary/aromatic N) is 3. The minimum absolute atomic E-state index is 0.485. The summed E-state index contributed by atoms with van der Waals surface area (Å²) in [6.45, 7) is 2.03. The Labute approximate surface area is 160 Å². The first kappa shape index (κ1) is 16.8. The van der Waals surface area contributed by atoms with Crippen molar-refractivity contribution < 1.29 is 0 Å². The van der Waals surface area contributed by atoms with Crippen LogP contribution >= 0.6 is 23.2 Å². The van der Waals surface area contributed by atoms with Gasteiger partial charge < -0.3 is 5.32 Å². The van der Waals surface area contributed by atoms with Crippen LogP contribution in [0.15, 0.2) is 60.9 Å². The molecule has 2 heterocycles. The summed E-state index contributed by atoms with van der Waals surface area (Å²) in [5, 5.41) is 5.27. The van der Waals surface area contributed by atoms with E-state index >= 15 is 0 Å². The molecule has 128 valence electrons. The van der Waals surface area contributed by atoms with Crippen molar-refractivity contribution in [3.63, 3.8) is 0 Å². The number of benzene rings is 2. The predicted octanol–water partition coefficient (Wildman–Crippen LogP) is 6.05. The molecular formula is C20H14Cl2N4. The number of halogens is 2. The maximum absolute atomic E-state index is 6.14. The Morgan fingerprint density at radius 3 is 2.58 bits per heavy atom. The number of hydrogen-bond donors (Lipinski definition) is 1. The number of rotatable bonds is 3. The fourth-order valence-corrected chi connectivity index (χ4v) is 3.02. The molecule has 0 saturated carbocycles. The van der Waals surface area contributed by atoms with E-state index < -0.39 is 0 Å². The van der Waals surface area contributed by atoms with E-state index in [9.17, 15) is 0 Å². The van der Waals surface area contributed by atoms with Gasteiger partial charge in [0.05, 0.1) is 15.6 Å². The van der Waals surface area contributed by atoms with Crippen molar-refractivity contribution in [2.24, 2.45) is 0 Å². The highest BCUT2D eigenvalue weighted by Gasteiger charge is 2.12. The molecular weight excluding hydrogens is 367 g/mol. The quantitative estimate of drug-likeness (QED) is 0.469. The van der Waals surface area contributed by atoms with E-state index in [2.05, 4.69) is 10.3 Å². The monoisotopic (exact) mass is 380 g/mol. The van der Waals surface area contributed by atoms with Gasteiger partial charge in [0.1, 0.15) is 5.82 Å². The van der Waals surface area contributed by atoms with Crippen molar-refractivity contribution in [3.8, 4) is 11.4 Å². The summed E-state index contributed by atoms with van der Waals surface area (Å²) in [4.78, 5) is 13.6. The van der Waals surface area contributed by atoms with Crippen molar-refractivity contribution in [1.29, 1.82) is 0 Å². The zero-order valence-corrected chi connectivity index (χ0v) is 15.4. The number of hydrogen-bond acceptors (Lipinski definition) is 4. The lowest BCUT2D eigenvalue weighted by Crippen LogP contribution is -2.00. The molecule has 0 fully saturated rings. The Morgan fingerprint density at radius 1 is 0.923 bits per heavy atom. The molecule has 4 rings (SSSR count). The van der Waals surface area contributed by atoms with Crippen LogP contribution in [0.4, 0.5) is 11.5 Å². The lowest BCUT2D eigenvalue weighted by molar-refractivity contribution is 1.20. The fourth-order valence-electron chi connectivity index (χ4n) is 2.73. The van der Waals surface area contributed by atoms with Gasteiger partial charge in [-0.2, -0.15) is 0 Å². The van der Waals surface area contributed by atoms with E-state index in [4.69, 9.17) is 33.2 Å². The van der Waals surface area contributed by atoms with Crippen molar-refractivity contribution in [1.82, 2.24) is 15.0 Å². The van der Waals surface area contributed by atoms with Gasteiger partial charge in [-0.1, -0.05) is 35.3 Å². The molecule has 4 nitrogen and oxygen atoms in total. The summed E-state index contributed by atoms with van der Waals surface area (Å²) < 4.78 is 0. The molecule has 0 saturated heterocycles. The highest BCUT2D eigenvalue weighted by atomic mass is 35.5. The fraction of sp³-hybridized carbons (Fsp3) is 0.0500. The Bertz CT molecular complexity index is 1100. The van der Waals surface area contributed by atoms with Gasteiger partial charge >= 0.3 is 0 Å². The largest absolute Gasteiger partial charge is 0.340 e. The third-order valence-electron chi connectivity index (χ3n) is 4.03. The first-order chi connectivity index (χ1) is 12.6. The summed E-state index contributed by atoms with van der Waals surface area (Å²) in [5.41, 5.74) is 3.63. The normalized spacial score (nSPS) is 10.9. The molecule has 4 aromatic rings. The second kappa shape index (κ2) is 6.90. The highest BCUT2D eigenvalue weighted by molar-refractivity contribution is 6.42. The van der Waals surface area contributed by atoms with Crippen LogP contribution in [0, 0.1) is 6.92 Å². The Balaban J connectivity index is 1.89. The van der Waals surface area contributed by atoms with Crippen LogP contribution in [0.3, 0.4) is 0 Å². The van der Waals surface area contributed by atoms with Crippen LogP contribution in [-0.2, 0) is 0 Å². The molecule has 0 radical (unpaired) electrons. The lowest BCUT2D eigenvalue weighted by Gasteiger charge is -2.12. The third kappa shape index (κ3) is 3.21. The standard InChI is InChI=1S/C20H14Cl2N4/c1-12-4-2-6-15-18(12)25-19(13-5-3-9-23-11-13)26-20(15)24-14-7-8-16(21)17(22)10-14/h2-11H,1H3,(H,24,25,26).